The normalized spacial score (nSPS) is 12.8. The van der Waals surface area contributed by atoms with Crippen molar-refractivity contribution in [1.82, 2.24) is 15.2 Å². The van der Waals surface area contributed by atoms with E-state index in [1.54, 1.807) is 0 Å². The fourth-order valence-corrected chi connectivity index (χ4v) is 1.20. The maximum atomic E-state index is 5.33. The van der Waals surface area contributed by atoms with Gasteiger partial charge in [-0.3, -0.25) is 0 Å². The van der Waals surface area contributed by atoms with Gasteiger partial charge in [-0.05, 0) is 6.92 Å². The molecule has 0 bridgehead atoms. The highest BCUT2D eigenvalue weighted by atomic mass is 32.2. The van der Waals surface area contributed by atoms with Crippen LogP contribution in [0.3, 0.4) is 0 Å². The van der Waals surface area contributed by atoms with Gasteiger partial charge in [0.05, 0.1) is 0 Å². The van der Waals surface area contributed by atoms with E-state index in [1.165, 1.54) is 11.8 Å². The predicted octanol–water partition coefficient (Wildman–Crippen LogP) is 1.05. The molecule has 1 unspecified atom stereocenters. The van der Waals surface area contributed by atoms with Crippen molar-refractivity contribution in [2.75, 3.05) is 5.73 Å². The Labute approximate surface area is 69.3 Å². The minimum atomic E-state index is 0.310. The molecule has 5 heteroatoms. The maximum Gasteiger partial charge on any atom is 0.216 e. The van der Waals surface area contributed by atoms with E-state index in [4.69, 9.17) is 5.73 Å². The molecular formula is C6H10N4S. The molecule has 1 heterocycles. The van der Waals surface area contributed by atoms with Gasteiger partial charge < -0.3 is 5.73 Å². The molecule has 0 aromatic carbocycles. The summed E-state index contributed by atoms with van der Waals surface area (Å²) in [5.74, 6) is 0.351. The average Bonchev–Trinajstić information content (AvgIpc) is 2.35. The molecule has 0 saturated carbocycles. The van der Waals surface area contributed by atoms with Crippen LogP contribution in [0.5, 0.6) is 0 Å². The van der Waals surface area contributed by atoms with Gasteiger partial charge in [-0.15, -0.1) is 11.7 Å². The number of rotatable bonds is 3. The zero-order valence-electron chi connectivity index (χ0n) is 6.24. The molecule has 1 atom stereocenters. The first-order chi connectivity index (χ1) is 5.22. The van der Waals surface area contributed by atoms with Gasteiger partial charge >= 0.3 is 0 Å². The monoisotopic (exact) mass is 170 g/mol. The summed E-state index contributed by atoms with van der Waals surface area (Å²) in [6, 6.07) is 0. The van der Waals surface area contributed by atoms with Gasteiger partial charge in [0, 0.05) is 5.25 Å². The van der Waals surface area contributed by atoms with E-state index in [2.05, 4.69) is 21.8 Å². The first-order valence-electron chi connectivity index (χ1n) is 3.19. The summed E-state index contributed by atoms with van der Waals surface area (Å²) < 4.78 is 0. The van der Waals surface area contributed by atoms with E-state index < -0.39 is 0 Å². The lowest BCUT2D eigenvalue weighted by Crippen LogP contribution is -1.89. The van der Waals surface area contributed by atoms with Crippen molar-refractivity contribution in [2.24, 2.45) is 0 Å². The van der Waals surface area contributed by atoms with Crippen molar-refractivity contribution in [1.29, 1.82) is 0 Å². The molecule has 0 fully saturated rings. The number of nitrogens with zero attached hydrogens (tertiary/aromatic N) is 2. The molecule has 0 saturated heterocycles. The van der Waals surface area contributed by atoms with Crippen LogP contribution in [0.1, 0.15) is 6.92 Å². The van der Waals surface area contributed by atoms with E-state index >= 15 is 0 Å². The molecule has 11 heavy (non-hydrogen) atoms. The van der Waals surface area contributed by atoms with Crippen LogP contribution in [-0.2, 0) is 0 Å². The maximum absolute atomic E-state index is 5.33. The Morgan fingerprint density at radius 2 is 2.55 bits per heavy atom. The van der Waals surface area contributed by atoms with E-state index in [1.807, 2.05) is 13.0 Å². The summed E-state index contributed by atoms with van der Waals surface area (Å²) in [5, 5.41) is 7.39. The summed E-state index contributed by atoms with van der Waals surface area (Å²) in [5.41, 5.74) is 5.33. The number of nitrogens with two attached hydrogens (primary N) is 1. The number of hydrogen-bond donors (Lipinski definition) is 2. The Morgan fingerprint density at radius 1 is 1.82 bits per heavy atom. The van der Waals surface area contributed by atoms with Crippen LogP contribution in [0, 0.1) is 0 Å². The van der Waals surface area contributed by atoms with Crippen LogP contribution >= 0.6 is 11.8 Å². The number of aromatic amines is 1. The Hall–Kier alpha value is -0.970. The number of aromatic nitrogens is 3. The minimum Gasteiger partial charge on any atom is -0.368 e. The Kier molecular flexibility index (Phi) is 2.53. The SMILES string of the molecule is C=CC(C)Sc1n[nH]c(N)n1. The number of hydrogen-bond acceptors (Lipinski definition) is 4. The first kappa shape index (κ1) is 8.13. The van der Waals surface area contributed by atoms with Gasteiger partial charge in [-0.25, -0.2) is 5.10 Å². The molecule has 1 aromatic rings. The Morgan fingerprint density at radius 3 is 3.00 bits per heavy atom. The summed E-state index contributed by atoms with van der Waals surface area (Å²) in [7, 11) is 0. The molecule has 0 aliphatic carbocycles. The largest absolute Gasteiger partial charge is 0.368 e. The predicted molar refractivity (Wildman–Crippen MR) is 46.3 cm³/mol. The third-order valence-corrected chi connectivity index (χ3v) is 2.06. The van der Waals surface area contributed by atoms with E-state index in [0.29, 0.717) is 16.4 Å². The number of anilines is 1. The van der Waals surface area contributed by atoms with Crippen molar-refractivity contribution in [3.05, 3.63) is 12.7 Å². The second-order valence-corrected chi connectivity index (χ2v) is 3.41. The quantitative estimate of drug-likeness (QED) is 0.525. The summed E-state index contributed by atoms with van der Waals surface area (Å²) in [6.45, 7) is 5.66. The van der Waals surface area contributed by atoms with Gasteiger partial charge in [0.2, 0.25) is 11.1 Å². The second kappa shape index (κ2) is 3.43. The fourth-order valence-electron chi connectivity index (χ4n) is 0.525. The zero-order chi connectivity index (χ0) is 8.27. The highest BCUT2D eigenvalue weighted by molar-refractivity contribution is 7.99. The van der Waals surface area contributed by atoms with Crippen molar-refractivity contribution in [3.63, 3.8) is 0 Å². The molecule has 3 N–H and O–H groups in total. The lowest BCUT2D eigenvalue weighted by atomic mass is 10.5. The summed E-state index contributed by atoms with van der Waals surface area (Å²) in [4.78, 5) is 3.92. The molecule has 1 aromatic heterocycles. The number of nitrogens with one attached hydrogen (secondary N) is 1. The summed E-state index contributed by atoms with van der Waals surface area (Å²) >= 11 is 1.51. The van der Waals surface area contributed by atoms with Gasteiger partial charge in [-0.2, -0.15) is 4.98 Å². The van der Waals surface area contributed by atoms with Gasteiger partial charge in [0.25, 0.3) is 0 Å². The first-order valence-corrected chi connectivity index (χ1v) is 4.07. The Bertz CT molecular complexity index is 244. The summed E-state index contributed by atoms with van der Waals surface area (Å²) in [6.07, 6.45) is 1.83. The van der Waals surface area contributed by atoms with Crippen molar-refractivity contribution < 1.29 is 0 Å². The van der Waals surface area contributed by atoms with Gasteiger partial charge in [0.1, 0.15) is 0 Å². The standard InChI is InChI=1S/C6H10N4S/c1-3-4(2)11-6-8-5(7)9-10-6/h3-4H,1H2,2H3,(H3,7,8,9,10). The molecule has 0 radical (unpaired) electrons. The number of thioether (sulfide) groups is 1. The van der Waals surface area contributed by atoms with Crippen LogP contribution < -0.4 is 5.73 Å². The molecule has 0 amide bonds. The topological polar surface area (TPSA) is 67.6 Å². The fraction of sp³-hybridized carbons (Fsp3) is 0.333. The lowest BCUT2D eigenvalue weighted by molar-refractivity contribution is 0.969. The zero-order valence-corrected chi connectivity index (χ0v) is 7.06. The second-order valence-electron chi connectivity index (χ2n) is 2.06. The molecule has 1 rings (SSSR count). The van der Waals surface area contributed by atoms with Crippen molar-refractivity contribution in [3.8, 4) is 0 Å². The number of nitrogen functional groups attached to an aromatic ring is 1. The van der Waals surface area contributed by atoms with Crippen molar-refractivity contribution >= 4 is 17.7 Å². The van der Waals surface area contributed by atoms with Crippen LogP contribution in [0.15, 0.2) is 17.8 Å². The highest BCUT2D eigenvalue weighted by Gasteiger charge is 2.03. The molecule has 0 aliphatic rings. The van der Waals surface area contributed by atoms with Crippen LogP contribution in [0.2, 0.25) is 0 Å². The van der Waals surface area contributed by atoms with E-state index in [0.717, 1.165) is 0 Å². The van der Waals surface area contributed by atoms with Crippen molar-refractivity contribution in [2.45, 2.75) is 17.3 Å². The molecule has 60 valence electrons. The third kappa shape index (κ3) is 2.27. The van der Waals surface area contributed by atoms with Crippen LogP contribution in [0.25, 0.3) is 0 Å². The van der Waals surface area contributed by atoms with E-state index in [9.17, 15) is 0 Å². The molecule has 4 nitrogen and oxygen atoms in total. The van der Waals surface area contributed by atoms with E-state index in [-0.39, 0.29) is 0 Å². The molecule has 0 spiro atoms. The van der Waals surface area contributed by atoms with Gasteiger partial charge in [0.15, 0.2) is 0 Å². The molecular weight excluding hydrogens is 160 g/mol. The van der Waals surface area contributed by atoms with Crippen LogP contribution in [0.4, 0.5) is 5.95 Å². The minimum absolute atomic E-state index is 0.310. The third-order valence-electron chi connectivity index (χ3n) is 1.11. The smallest absolute Gasteiger partial charge is 0.216 e. The van der Waals surface area contributed by atoms with Gasteiger partial charge in [-0.1, -0.05) is 17.8 Å². The Balaban J connectivity index is 2.57. The highest BCUT2D eigenvalue weighted by Crippen LogP contribution is 2.19. The average molecular weight is 170 g/mol. The van der Waals surface area contributed by atoms with Crippen LogP contribution in [-0.4, -0.2) is 20.4 Å². The lowest BCUT2D eigenvalue weighted by Gasteiger charge is -1.98. The molecule has 0 aliphatic heterocycles. The number of H-pyrrole nitrogens is 1.